The summed E-state index contributed by atoms with van der Waals surface area (Å²) in [5.74, 6) is 2.05. The van der Waals surface area contributed by atoms with Crippen LogP contribution < -0.4 is 10.1 Å². The Bertz CT molecular complexity index is 655. The second-order valence-electron chi connectivity index (χ2n) is 7.30. The topological polar surface area (TPSA) is 75.6 Å². The number of guanidine groups is 1. The number of rotatable bonds is 10. The van der Waals surface area contributed by atoms with Crippen LogP contribution in [0.15, 0.2) is 29.3 Å². The van der Waals surface area contributed by atoms with Gasteiger partial charge in [-0.15, -0.1) is 24.0 Å². The first-order valence-electron chi connectivity index (χ1n) is 9.96. The zero-order chi connectivity index (χ0) is 21.1. The Morgan fingerprint density at radius 2 is 1.97 bits per heavy atom. The Morgan fingerprint density at radius 1 is 1.23 bits per heavy atom. The minimum Gasteiger partial charge on any atom is -0.497 e. The predicted octanol–water partition coefficient (Wildman–Crippen LogP) is 1.83. The van der Waals surface area contributed by atoms with Gasteiger partial charge in [-0.05, 0) is 24.1 Å². The molecule has 1 aromatic carbocycles. The summed E-state index contributed by atoms with van der Waals surface area (Å²) < 4.78 is 15.9. The van der Waals surface area contributed by atoms with Crippen LogP contribution in [-0.2, 0) is 20.8 Å². The number of carbonyl (C=O) groups excluding carboxylic acids is 1. The Kier molecular flexibility index (Phi) is 12.7. The molecule has 1 unspecified atom stereocenters. The van der Waals surface area contributed by atoms with Gasteiger partial charge < -0.3 is 29.3 Å². The molecule has 170 valence electrons. The molecule has 1 aliphatic heterocycles. The second kappa shape index (κ2) is 14.4. The predicted molar refractivity (Wildman–Crippen MR) is 129 cm³/mol. The van der Waals surface area contributed by atoms with Crippen molar-refractivity contribution >= 4 is 35.8 Å². The lowest BCUT2D eigenvalue weighted by molar-refractivity contribution is -0.127. The molecule has 30 heavy (non-hydrogen) atoms. The summed E-state index contributed by atoms with van der Waals surface area (Å²) in [7, 11) is 6.83. The number of ether oxygens (including phenoxy) is 3. The fourth-order valence-electron chi connectivity index (χ4n) is 3.03. The smallest absolute Gasteiger partial charge is 0.241 e. The minimum atomic E-state index is 0. The summed E-state index contributed by atoms with van der Waals surface area (Å²) in [6.07, 6.45) is 1.04. The number of benzene rings is 1. The van der Waals surface area contributed by atoms with Crippen molar-refractivity contribution in [1.29, 1.82) is 0 Å². The SMILES string of the molecule is COCCOCC1CCN(C(=NCc2ccc(OC)cc2)NCC(=O)N(C)C)C1.I. The molecule has 1 saturated heterocycles. The van der Waals surface area contributed by atoms with Gasteiger partial charge in [0.25, 0.3) is 0 Å². The number of methoxy groups -OCH3 is 2. The van der Waals surface area contributed by atoms with Crippen molar-refractivity contribution in [2.75, 3.05) is 67.8 Å². The molecule has 0 spiro atoms. The monoisotopic (exact) mass is 534 g/mol. The van der Waals surface area contributed by atoms with Crippen LogP contribution in [0.25, 0.3) is 0 Å². The zero-order valence-electron chi connectivity index (χ0n) is 18.4. The molecule has 1 aliphatic rings. The van der Waals surface area contributed by atoms with Crippen molar-refractivity contribution in [2.45, 2.75) is 13.0 Å². The molecule has 1 amide bonds. The highest BCUT2D eigenvalue weighted by atomic mass is 127. The highest BCUT2D eigenvalue weighted by Crippen LogP contribution is 2.17. The van der Waals surface area contributed by atoms with Gasteiger partial charge in [0.1, 0.15) is 5.75 Å². The quantitative estimate of drug-likeness (QED) is 0.214. The first-order chi connectivity index (χ1) is 14.0. The first-order valence-corrected chi connectivity index (χ1v) is 9.96. The maximum Gasteiger partial charge on any atom is 0.241 e. The number of aliphatic imine (C=N–C) groups is 1. The summed E-state index contributed by atoms with van der Waals surface area (Å²) in [4.78, 5) is 20.6. The molecule has 0 radical (unpaired) electrons. The fourth-order valence-corrected chi connectivity index (χ4v) is 3.03. The number of hydrogen-bond acceptors (Lipinski definition) is 5. The van der Waals surface area contributed by atoms with Crippen LogP contribution in [0.1, 0.15) is 12.0 Å². The van der Waals surface area contributed by atoms with Crippen LogP contribution in [0.2, 0.25) is 0 Å². The third-order valence-electron chi connectivity index (χ3n) is 4.84. The van der Waals surface area contributed by atoms with Crippen LogP contribution in [0.3, 0.4) is 0 Å². The molecular weight excluding hydrogens is 499 g/mol. The normalized spacial score (nSPS) is 16.2. The van der Waals surface area contributed by atoms with Crippen LogP contribution >= 0.6 is 24.0 Å². The summed E-state index contributed by atoms with van der Waals surface area (Å²) in [5.41, 5.74) is 1.09. The Hall–Kier alpha value is -1.59. The second-order valence-corrected chi connectivity index (χ2v) is 7.30. The average Bonchev–Trinajstić information content (AvgIpc) is 3.20. The molecule has 0 aliphatic carbocycles. The lowest BCUT2D eigenvalue weighted by atomic mass is 10.1. The van der Waals surface area contributed by atoms with Gasteiger partial charge in [-0.1, -0.05) is 12.1 Å². The van der Waals surface area contributed by atoms with Gasteiger partial charge in [0.15, 0.2) is 5.96 Å². The van der Waals surface area contributed by atoms with Crippen LogP contribution in [0.4, 0.5) is 0 Å². The van der Waals surface area contributed by atoms with Gasteiger partial charge in [-0.25, -0.2) is 4.99 Å². The van der Waals surface area contributed by atoms with Gasteiger partial charge in [0, 0.05) is 40.2 Å². The van der Waals surface area contributed by atoms with Gasteiger partial charge in [-0.2, -0.15) is 0 Å². The standard InChI is InChI=1S/C21H34N4O4.HI/c1-24(2)20(26)14-23-21(22-13-17-5-7-19(28-4)8-6-17)25-10-9-18(15-25)16-29-12-11-27-3;/h5-8,18H,9-16H2,1-4H3,(H,22,23);1H. The third kappa shape index (κ3) is 9.05. The molecule has 0 aromatic heterocycles. The van der Waals surface area contributed by atoms with E-state index in [4.69, 9.17) is 19.2 Å². The summed E-state index contributed by atoms with van der Waals surface area (Å²) in [6, 6.07) is 7.86. The molecule has 8 nitrogen and oxygen atoms in total. The number of carbonyl (C=O) groups is 1. The van der Waals surface area contributed by atoms with E-state index in [9.17, 15) is 4.79 Å². The average molecular weight is 534 g/mol. The van der Waals surface area contributed by atoms with Crippen molar-refractivity contribution in [3.63, 3.8) is 0 Å². The van der Waals surface area contributed by atoms with Crippen molar-refractivity contribution in [2.24, 2.45) is 10.9 Å². The van der Waals surface area contributed by atoms with Crippen molar-refractivity contribution in [1.82, 2.24) is 15.1 Å². The van der Waals surface area contributed by atoms with E-state index in [1.165, 1.54) is 0 Å². The van der Waals surface area contributed by atoms with E-state index in [-0.39, 0.29) is 36.4 Å². The largest absolute Gasteiger partial charge is 0.497 e. The van der Waals surface area contributed by atoms with E-state index in [0.29, 0.717) is 32.3 Å². The summed E-state index contributed by atoms with van der Waals surface area (Å²) >= 11 is 0. The van der Waals surface area contributed by atoms with Gasteiger partial charge in [-0.3, -0.25) is 4.79 Å². The lowest BCUT2D eigenvalue weighted by Gasteiger charge is -2.23. The highest BCUT2D eigenvalue weighted by molar-refractivity contribution is 14.0. The number of nitrogens with one attached hydrogen (secondary N) is 1. The van der Waals surface area contributed by atoms with E-state index in [1.54, 1.807) is 33.2 Å². The summed E-state index contributed by atoms with van der Waals surface area (Å²) in [5, 5.41) is 3.23. The highest BCUT2D eigenvalue weighted by Gasteiger charge is 2.25. The molecule has 1 fully saturated rings. The van der Waals surface area contributed by atoms with E-state index >= 15 is 0 Å². The maximum absolute atomic E-state index is 12.0. The maximum atomic E-state index is 12.0. The van der Waals surface area contributed by atoms with E-state index in [1.807, 2.05) is 24.3 Å². The Balaban J connectivity index is 0.00000450. The molecule has 1 heterocycles. The molecule has 9 heteroatoms. The van der Waals surface area contributed by atoms with Crippen molar-refractivity contribution in [3.05, 3.63) is 29.8 Å². The van der Waals surface area contributed by atoms with E-state index in [0.717, 1.165) is 36.8 Å². The molecular formula is C21H35IN4O4. The Labute approximate surface area is 197 Å². The minimum absolute atomic E-state index is 0. The number of nitrogens with zero attached hydrogens (tertiary/aromatic N) is 3. The molecule has 1 aromatic rings. The number of hydrogen-bond donors (Lipinski definition) is 1. The molecule has 2 rings (SSSR count). The fraction of sp³-hybridized carbons (Fsp3) is 0.619. The van der Waals surface area contributed by atoms with Gasteiger partial charge >= 0.3 is 0 Å². The number of likely N-dealkylation sites (N-methyl/N-ethyl adjacent to an activating group) is 1. The summed E-state index contributed by atoms with van der Waals surface area (Å²) in [6.45, 7) is 4.44. The van der Waals surface area contributed by atoms with Gasteiger partial charge in [0.2, 0.25) is 5.91 Å². The van der Waals surface area contributed by atoms with Crippen LogP contribution in [0, 0.1) is 5.92 Å². The number of likely N-dealkylation sites (tertiary alicyclic amines) is 1. The molecule has 0 saturated carbocycles. The van der Waals surface area contributed by atoms with Crippen LogP contribution in [0.5, 0.6) is 5.75 Å². The molecule has 1 atom stereocenters. The van der Waals surface area contributed by atoms with E-state index in [2.05, 4.69) is 10.2 Å². The number of amides is 1. The van der Waals surface area contributed by atoms with E-state index < -0.39 is 0 Å². The van der Waals surface area contributed by atoms with Crippen LogP contribution in [-0.4, -0.2) is 89.4 Å². The van der Waals surface area contributed by atoms with Gasteiger partial charge in [0.05, 0.1) is 40.0 Å². The number of halogens is 1. The van der Waals surface area contributed by atoms with Crippen molar-refractivity contribution < 1.29 is 19.0 Å². The first kappa shape index (κ1) is 26.4. The molecule has 0 bridgehead atoms. The third-order valence-corrected chi connectivity index (χ3v) is 4.84. The molecule has 1 N–H and O–H groups in total. The lowest BCUT2D eigenvalue weighted by Crippen LogP contribution is -2.44. The van der Waals surface area contributed by atoms with Crippen molar-refractivity contribution in [3.8, 4) is 5.75 Å². The Morgan fingerprint density at radius 3 is 2.60 bits per heavy atom. The zero-order valence-corrected chi connectivity index (χ0v) is 20.8.